The monoisotopic (exact) mass is 630 g/mol. The van der Waals surface area contributed by atoms with Crippen LogP contribution in [-0.2, 0) is 12.8 Å². The minimum Gasteiger partial charge on any atom is -0.251 e. The van der Waals surface area contributed by atoms with Crippen molar-refractivity contribution in [2.75, 3.05) is 0 Å². The van der Waals surface area contributed by atoms with Crippen LogP contribution in [0.15, 0.2) is 151 Å². The van der Waals surface area contributed by atoms with Crippen LogP contribution in [0.3, 0.4) is 0 Å². The van der Waals surface area contributed by atoms with E-state index in [1.807, 2.05) is 0 Å². The standard InChI is InChI=1S/C44H39ClN2/c1-31(40-28-27-32-17-7-6-16-26-41(32)47-40)46-44-38(42(33-18-8-2-9-19-33)34-20-10-3-11-21-34)29-37(45)30-39(44)43(35-22-12-4-13-23-35)36-24-14-5-15-25-36/h2-5,8-15,18-25,27-30,42-43H,6-7,16-17,26H2,1H3. The highest BCUT2D eigenvalue weighted by Crippen LogP contribution is 2.46. The number of aliphatic imine (C=N–C) groups is 1. The highest BCUT2D eigenvalue weighted by Gasteiger charge is 2.28. The van der Waals surface area contributed by atoms with Gasteiger partial charge in [0.25, 0.3) is 0 Å². The first-order valence-corrected chi connectivity index (χ1v) is 17.1. The van der Waals surface area contributed by atoms with Gasteiger partial charge in [-0.25, -0.2) is 0 Å². The van der Waals surface area contributed by atoms with E-state index in [1.165, 1.54) is 52.8 Å². The highest BCUT2D eigenvalue weighted by atomic mass is 35.5. The maximum atomic E-state index is 7.15. The van der Waals surface area contributed by atoms with Gasteiger partial charge < -0.3 is 0 Å². The molecule has 6 aromatic rings. The third-order valence-electron chi connectivity index (χ3n) is 9.37. The SMILES string of the molecule is CC(=Nc1c(C(c2ccccc2)c2ccccc2)cc(Cl)cc1C(c1ccccc1)c1ccccc1)c1ccc2c(n1)CCCCC2. The normalized spacial score (nSPS) is 13.4. The molecule has 5 aromatic carbocycles. The molecule has 1 heterocycles. The molecule has 232 valence electrons. The lowest BCUT2D eigenvalue weighted by atomic mass is 9.79. The molecule has 0 unspecified atom stereocenters. The van der Waals surface area contributed by atoms with Gasteiger partial charge in [-0.1, -0.05) is 145 Å². The van der Waals surface area contributed by atoms with Gasteiger partial charge in [-0.15, -0.1) is 0 Å². The number of aromatic nitrogens is 1. The topological polar surface area (TPSA) is 25.2 Å². The van der Waals surface area contributed by atoms with Crippen molar-refractivity contribution in [2.45, 2.75) is 50.9 Å². The van der Waals surface area contributed by atoms with Crippen LogP contribution < -0.4 is 0 Å². The van der Waals surface area contributed by atoms with Crippen molar-refractivity contribution in [3.63, 3.8) is 0 Å². The summed E-state index contributed by atoms with van der Waals surface area (Å²) in [6.07, 6.45) is 5.82. The van der Waals surface area contributed by atoms with Crippen molar-refractivity contribution in [1.82, 2.24) is 4.98 Å². The first kappa shape index (κ1) is 30.8. The summed E-state index contributed by atoms with van der Waals surface area (Å²) in [5, 5.41) is 0.698. The van der Waals surface area contributed by atoms with E-state index in [0.29, 0.717) is 5.02 Å². The average molecular weight is 631 g/mol. The molecule has 47 heavy (non-hydrogen) atoms. The number of nitrogens with zero attached hydrogens (tertiary/aromatic N) is 2. The second-order valence-electron chi connectivity index (χ2n) is 12.5. The van der Waals surface area contributed by atoms with E-state index in [4.69, 9.17) is 21.6 Å². The third kappa shape index (κ3) is 6.84. The number of aryl methyl sites for hydroxylation is 2. The van der Waals surface area contributed by atoms with E-state index in [0.717, 1.165) is 41.1 Å². The first-order valence-electron chi connectivity index (χ1n) is 16.7. The lowest BCUT2D eigenvalue weighted by Gasteiger charge is -2.27. The van der Waals surface area contributed by atoms with Crippen LogP contribution >= 0.6 is 11.6 Å². The number of benzene rings is 5. The molecule has 0 saturated heterocycles. The lowest BCUT2D eigenvalue weighted by Crippen LogP contribution is -2.10. The molecule has 3 heteroatoms. The Morgan fingerprint density at radius 3 is 1.49 bits per heavy atom. The van der Waals surface area contributed by atoms with Gasteiger partial charge in [0.1, 0.15) is 0 Å². The average Bonchev–Trinajstić information content (AvgIpc) is 3.37. The molecule has 1 aliphatic carbocycles. The van der Waals surface area contributed by atoms with Crippen molar-refractivity contribution >= 4 is 23.0 Å². The number of rotatable bonds is 8. The summed E-state index contributed by atoms with van der Waals surface area (Å²) in [6, 6.07) is 51.5. The van der Waals surface area contributed by atoms with Gasteiger partial charge in [0, 0.05) is 22.6 Å². The number of fused-ring (bicyclic) bond motifs is 1. The van der Waals surface area contributed by atoms with Crippen LogP contribution in [0.25, 0.3) is 0 Å². The maximum absolute atomic E-state index is 7.15. The smallest absolute Gasteiger partial charge is 0.0845 e. The molecule has 2 nitrogen and oxygen atoms in total. The Morgan fingerprint density at radius 2 is 1.02 bits per heavy atom. The fourth-order valence-electron chi connectivity index (χ4n) is 7.08. The number of pyridine rings is 1. The molecule has 0 amide bonds. The molecule has 0 bridgehead atoms. The fourth-order valence-corrected chi connectivity index (χ4v) is 7.32. The largest absolute Gasteiger partial charge is 0.251 e. The number of halogens is 1. The van der Waals surface area contributed by atoms with Crippen molar-refractivity contribution in [1.29, 1.82) is 0 Å². The highest BCUT2D eigenvalue weighted by molar-refractivity contribution is 6.31. The van der Waals surface area contributed by atoms with Crippen LogP contribution in [0, 0.1) is 0 Å². The van der Waals surface area contributed by atoms with E-state index in [-0.39, 0.29) is 11.8 Å². The summed E-state index contributed by atoms with van der Waals surface area (Å²) in [5.41, 5.74) is 12.3. The van der Waals surface area contributed by atoms with Crippen molar-refractivity contribution < 1.29 is 0 Å². The molecule has 1 aromatic heterocycles. The van der Waals surface area contributed by atoms with Crippen molar-refractivity contribution in [3.8, 4) is 0 Å². The van der Waals surface area contributed by atoms with Crippen LogP contribution in [0.1, 0.15) is 88.4 Å². The van der Waals surface area contributed by atoms with Gasteiger partial charge in [0.2, 0.25) is 0 Å². The predicted octanol–water partition coefficient (Wildman–Crippen LogP) is 11.5. The van der Waals surface area contributed by atoms with Gasteiger partial charge in [-0.05, 0) is 89.8 Å². The van der Waals surface area contributed by atoms with Crippen LogP contribution in [0.2, 0.25) is 5.02 Å². The zero-order valence-corrected chi connectivity index (χ0v) is 27.6. The predicted molar refractivity (Wildman–Crippen MR) is 196 cm³/mol. The Hall–Kier alpha value is -4.79. The molecule has 0 aliphatic heterocycles. The molecular formula is C44H39ClN2. The maximum Gasteiger partial charge on any atom is 0.0845 e. The fraction of sp³-hybridized carbons (Fsp3) is 0.182. The zero-order valence-electron chi connectivity index (χ0n) is 26.8. The molecule has 0 spiro atoms. The van der Waals surface area contributed by atoms with Crippen LogP contribution in [-0.4, -0.2) is 10.7 Å². The van der Waals surface area contributed by atoms with Crippen molar-refractivity contribution in [2.24, 2.45) is 4.99 Å². The van der Waals surface area contributed by atoms with Crippen LogP contribution in [0.4, 0.5) is 5.69 Å². The van der Waals surface area contributed by atoms with E-state index >= 15 is 0 Å². The molecule has 1 aliphatic rings. The summed E-state index contributed by atoms with van der Waals surface area (Å²) >= 11 is 7.15. The Kier molecular flexibility index (Phi) is 9.40. The minimum absolute atomic E-state index is 0.0754. The van der Waals surface area contributed by atoms with Gasteiger partial charge in [-0.2, -0.15) is 0 Å². The molecule has 0 atom stereocenters. The second kappa shape index (κ2) is 14.3. The summed E-state index contributed by atoms with van der Waals surface area (Å²) < 4.78 is 0. The van der Waals surface area contributed by atoms with Gasteiger partial charge in [0.05, 0.1) is 17.1 Å². The summed E-state index contributed by atoms with van der Waals surface area (Å²) in [5.74, 6) is -0.151. The molecule has 0 radical (unpaired) electrons. The minimum atomic E-state index is -0.0754. The van der Waals surface area contributed by atoms with E-state index in [2.05, 4.69) is 153 Å². The quantitative estimate of drug-likeness (QED) is 0.0933. The van der Waals surface area contributed by atoms with Gasteiger partial charge in [-0.3, -0.25) is 9.98 Å². The first-order chi connectivity index (χ1) is 23.2. The molecule has 7 rings (SSSR count). The zero-order chi connectivity index (χ0) is 32.0. The third-order valence-corrected chi connectivity index (χ3v) is 9.58. The Bertz CT molecular complexity index is 1790. The molecular weight excluding hydrogens is 592 g/mol. The van der Waals surface area contributed by atoms with Crippen molar-refractivity contribution in [3.05, 3.63) is 201 Å². The van der Waals surface area contributed by atoms with Gasteiger partial charge >= 0.3 is 0 Å². The molecule has 0 saturated carbocycles. The summed E-state index contributed by atoms with van der Waals surface area (Å²) in [6.45, 7) is 2.10. The molecule has 0 fully saturated rings. The second-order valence-corrected chi connectivity index (χ2v) is 12.9. The van der Waals surface area contributed by atoms with E-state index in [1.54, 1.807) is 0 Å². The van der Waals surface area contributed by atoms with Gasteiger partial charge in [0.15, 0.2) is 0 Å². The summed E-state index contributed by atoms with van der Waals surface area (Å²) in [4.78, 5) is 10.8. The number of hydrogen-bond donors (Lipinski definition) is 0. The molecule has 0 N–H and O–H groups in total. The van der Waals surface area contributed by atoms with E-state index < -0.39 is 0 Å². The Balaban J connectivity index is 1.51. The van der Waals surface area contributed by atoms with E-state index in [9.17, 15) is 0 Å². The number of hydrogen-bond acceptors (Lipinski definition) is 2. The Morgan fingerprint density at radius 1 is 0.574 bits per heavy atom. The lowest BCUT2D eigenvalue weighted by molar-refractivity contribution is 0.708. The van der Waals surface area contributed by atoms with Crippen LogP contribution in [0.5, 0.6) is 0 Å². The Labute approximate surface area is 283 Å². The summed E-state index contributed by atoms with van der Waals surface area (Å²) in [7, 11) is 0.